The van der Waals surface area contributed by atoms with Gasteiger partial charge in [0.1, 0.15) is 5.69 Å². The number of nitrogens with zero attached hydrogens (tertiary/aromatic N) is 3. The van der Waals surface area contributed by atoms with Crippen LogP contribution in [0.25, 0.3) is 0 Å². The van der Waals surface area contributed by atoms with Gasteiger partial charge >= 0.3 is 0 Å². The summed E-state index contributed by atoms with van der Waals surface area (Å²) in [4.78, 5) is 8.04. The van der Waals surface area contributed by atoms with Crippen molar-refractivity contribution in [3.05, 3.63) is 35.0 Å². The van der Waals surface area contributed by atoms with Crippen LogP contribution in [0, 0.1) is 0 Å². The summed E-state index contributed by atoms with van der Waals surface area (Å²) in [7, 11) is 0. The molecule has 2 aromatic rings. The summed E-state index contributed by atoms with van der Waals surface area (Å²) in [5, 5.41) is 20.0. The summed E-state index contributed by atoms with van der Waals surface area (Å²) in [6, 6.07) is 6.67. The van der Waals surface area contributed by atoms with E-state index in [1.807, 2.05) is 0 Å². The quantitative estimate of drug-likeness (QED) is 0.493. The average Bonchev–Trinajstić information content (AvgIpc) is 2.38. The number of aromatic nitrogens is 2. The number of nitrogen functional groups attached to an aromatic ring is 1. The van der Waals surface area contributed by atoms with Crippen molar-refractivity contribution in [3.8, 4) is 0 Å². The molecule has 0 amide bonds. The average molecular weight is 280 g/mol. The number of hydrogen-bond donors (Lipinski definition) is 4. The molecule has 0 atom stereocenters. The minimum atomic E-state index is -1.52. The molecule has 3 rings (SSSR count). The van der Waals surface area contributed by atoms with Gasteiger partial charge in [-0.2, -0.15) is 9.97 Å². The van der Waals surface area contributed by atoms with E-state index in [2.05, 4.69) is 15.4 Å². The first kappa shape index (κ1) is 12.0. The molecule has 0 saturated heterocycles. The number of benzene rings is 1. The second-order valence-electron chi connectivity index (χ2n) is 4.00. The number of aliphatic hydroxyl groups excluding tert-OH is 1. The van der Waals surface area contributed by atoms with Gasteiger partial charge in [0, 0.05) is 5.56 Å². The van der Waals surface area contributed by atoms with E-state index >= 15 is 0 Å². The molecule has 1 aromatic carbocycles. The number of hydrogen-bond acceptors (Lipinski definition) is 7. The molecule has 1 aliphatic rings. The van der Waals surface area contributed by atoms with Crippen LogP contribution in [-0.4, -0.2) is 20.2 Å². The third-order valence-corrected chi connectivity index (χ3v) is 2.99. The molecule has 1 aromatic heterocycles. The highest BCUT2D eigenvalue weighted by atomic mass is 35.5. The van der Waals surface area contributed by atoms with Crippen LogP contribution >= 0.6 is 11.6 Å². The minimum Gasteiger partial charge on any atom is -0.393 e. The lowest BCUT2D eigenvalue weighted by Crippen LogP contribution is -2.35. The van der Waals surface area contributed by atoms with Crippen LogP contribution in [0.2, 0.25) is 5.15 Å². The van der Waals surface area contributed by atoms with Crippen LogP contribution in [0.15, 0.2) is 24.3 Å². The molecule has 19 heavy (non-hydrogen) atoms. The highest BCUT2D eigenvalue weighted by molar-refractivity contribution is 6.33. The van der Waals surface area contributed by atoms with Crippen molar-refractivity contribution in [3.63, 3.8) is 0 Å². The molecule has 0 spiro atoms. The Bertz CT molecular complexity index is 649. The Morgan fingerprint density at radius 3 is 2.79 bits per heavy atom. The number of anilines is 4. The van der Waals surface area contributed by atoms with E-state index in [4.69, 9.17) is 27.5 Å². The van der Waals surface area contributed by atoms with E-state index in [9.17, 15) is 0 Å². The van der Waals surface area contributed by atoms with E-state index in [1.54, 1.807) is 29.3 Å². The molecular weight excluding hydrogens is 270 g/mol. The normalized spacial score (nSPS) is 12.5. The van der Waals surface area contributed by atoms with Crippen molar-refractivity contribution < 1.29 is 10.2 Å². The second-order valence-corrected chi connectivity index (χ2v) is 4.36. The second kappa shape index (κ2) is 4.23. The fourth-order valence-electron chi connectivity index (χ4n) is 1.74. The third-order valence-electron chi connectivity index (χ3n) is 2.70. The van der Waals surface area contributed by atoms with Gasteiger partial charge in [0.25, 0.3) is 5.95 Å². The summed E-state index contributed by atoms with van der Waals surface area (Å²) >= 11 is 5.79. The topological polar surface area (TPSA) is 108 Å². The van der Waals surface area contributed by atoms with E-state index in [-0.39, 0.29) is 5.15 Å². The molecule has 0 unspecified atom stereocenters. The Hall–Kier alpha value is -2.09. The lowest BCUT2D eigenvalue weighted by molar-refractivity contribution is -0.0424. The van der Waals surface area contributed by atoms with Gasteiger partial charge in [-0.1, -0.05) is 23.7 Å². The lowest BCUT2D eigenvalue weighted by Gasteiger charge is -2.32. The smallest absolute Gasteiger partial charge is 0.254 e. The van der Waals surface area contributed by atoms with Crippen LogP contribution in [0.4, 0.5) is 23.1 Å². The Morgan fingerprint density at radius 2 is 2.11 bits per heavy atom. The monoisotopic (exact) mass is 279 g/mol. The summed E-state index contributed by atoms with van der Waals surface area (Å²) in [5.74, 6) is 0.897. The highest BCUT2D eigenvalue weighted by Gasteiger charge is 2.30. The first-order chi connectivity index (χ1) is 9.06. The summed E-state index contributed by atoms with van der Waals surface area (Å²) in [6.07, 6.45) is -1.52. The summed E-state index contributed by atoms with van der Waals surface area (Å²) in [6.45, 7) is 0. The van der Waals surface area contributed by atoms with E-state index < -0.39 is 6.29 Å². The van der Waals surface area contributed by atoms with Crippen LogP contribution < -0.4 is 16.2 Å². The van der Waals surface area contributed by atoms with E-state index in [0.717, 1.165) is 0 Å². The number of nitrogens with two attached hydrogens (primary N) is 1. The van der Waals surface area contributed by atoms with E-state index in [0.29, 0.717) is 28.7 Å². The zero-order valence-corrected chi connectivity index (χ0v) is 10.3. The van der Waals surface area contributed by atoms with Crippen LogP contribution in [0.5, 0.6) is 0 Å². The summed E-state index contributed by atoms with van der Waals surface area (Å²) in [5.41, 5.74) is 10.1. The number of nitrogens with one attached hydrogen (secondary N) is 1. The molecule has 0 saturated carbocycles. The molecule has 7 nitrogen and oxygen atoms in total. The first-order valence-corrected chi connectivity index (χ1v) is 5.80. The zero-order valence-electron chi connectivity index (χ0n) is 9.58. The maximum Gasteiger partial charge on any atom is 0.254 e. The zero-order chi connectivity index (χ0) is 13.6. The van der Waals surface area contributed by atoms with Crippen molar-refractivity contribution in [1.29, 1.82) is 0 Å². The molecule has 5 N–H and O–H groups in total. The van der Waals surface area contributed by atoms with E-state index in [1.165, 1.54) is 0 Å². The van der Waals surface area contributed by atoms with Gasteiger partial charge in [-0.05, 0) is 12.1 Å². The largest absolute Gasteiger partial charge is 0.393 e. The molecule has 8 heteroatoms. The van der Waals surface area contributed by atoms with Crippen molar-refractivity contribution in [2.45, 2.75) is 6.29 Å². The van der Waals surface area contributed by atoms with Gasteiger partial charge in [-0.15, -0.1) is 0 Å². The fourth-order valence-corrected chi connectivity index (χ4v) is 1.90. The number of halogens is 1. The minimum absolute atomic E-state index is 0.220. The van der Waals surface area contributed by atoms with Gasteiger partial charge in [0.2, 0.25) is 0 Å². The first-order valence-electron chi connectivity index (χ1n) is 5.42. The van der Waals surface area contributed by atoms with Gasteiger partial charge in [-0.3, -0.25) is 5.43 Å². The van der Waals surface area contributed by atoms with Gasteiger partial charge in [0.15, 0.2) is 17.3 Å². The molecular formula is C11H10ClN5O2. The highest BCUT2D eigenvalue weighted by Crippen LogP contribution is 2.40. The van der Waals surface area contributed by atoms with Crippen molar-refractivity contribution in [2.75, 3.05) is 16.2 Å². The molecule has 0 radical (unpaired) electrons. The third kappa shape index (κ3) is 1.93. The molecule has 1 aliphatic heterocycles. The van der Waals surface area contributed by atoms with Gasteiger partial charge in [0.05, 0.1) is 5.69 Å². The number of fused-ring (bicyclic) bond motifs is 2. The van der Waals surface area contributed by atoms with Crippen molar-refractivity contribution in [1.82, 2.24) is 9.97 Å². The Balaban J connectivity index is 1.83. The fraction of sp³-hybridized carbons (Fsp3) is 0.0909. The molecule has 98 valence electrons. The Labute approximate surface area is 113 Å². The van der Waals surface area contributed by atoms with Gasteiger partial charge in [-0.25, -0.2) is 5.01 Å². The SMILES string of the molecule is NC1=C2N=C(N=C1Cl)N2Nc1cccc(C(O)O)c1. The molecule has 0 aliphatic carbocycles. The maximum atomic E-state index is 9.11. The van der Waals surface area contributed by atoms with Crippen molar-refractivity contribution in [2.24, 2.45) is 0 Å². The number of aliphatic hydroxyl groups is 2. The van der Waals surface area contributed by atoms with Crippen molar-refractivity contribution >= 4 is 34.7 Å². The standard InChI is InChI=1S/C11H10ClN5O2/c12-8-7(13)9-15-11(14-8)17(9)16-6-3-1-2-5(4-6)10(18)19/h1-4,10,16,18-19H,13H2. The summed E-state index contributed by atoms with van der Waals surface area (Å²) < 4.78 is 0. The van der Waals surface area contributed by atoms with Crippen LogP contribution in [-0.2, 0) is 0 Å². The molecule has 2 bridgehead atoms. The predicted molar refractivity (Wildman–Crippen MR) is 70.8 cm³/mol. The number of hydrazine groups is 1. The maximum absolute atomic E-state index is 9.11. The Kier molecular flexibility index (Phi) is 2.67. The Morgan fingerprint density at radius 1 is 1.32 bits per heavy atom. The molecule has 0 fully saturated rings. The lowest BCUT2D eigenvalue weighted by atomic mass is 10.2. The number of rotatable bonds is 3. The predicted octanol–water partition coefficient (Wildman–Crippen LogP) is 1.17. The van der Waals surface area contributed by atoms with Crippen LogP contribution in [0.1, 0.15) is 11.9 Å². The molecule has 2 heterocycles. The van der Waals surface area contributed by atoms with Gasteiger partial charge < -0.3 is 15.9 Å². The van der Waals surface area contributed by atoms with Crippen LogP contribution in [0.3, 0.4) is 0 Å².